The fourth-order valence-electron chi connectivity index (χ4n) is 2.45. The molecule has 0 unspecified atom stereocenters. The molecular weight excluding hydrogens is 212 g/mol. The molecule has 0 aromatic heterocycles. The minimum absolute atomic E-state index is 0.343. The number of likely N-dealkylation sites (tertiary alicyclic amines) is 1. The van der Waals surface area contributed by atoms with E-state index < -0.39 is 0 Å². The summed E-state index contributed by atoms with van der Waals surface area (Å²) in [5, 5.41) is 9.25. The summed E-state index contributed by atoms with van der Waals surface area (Å²) in [5.41, 5.74) is 1.27. The van der Waals surface area contributed by atoms with E-state index in [1.807, 2.05) is 12.1 Å². The van der Waals surface area contributed by atoms with Gasteiger partial charge < -0.3 is 10.0 Å². The summed E-state index contributed by atoms with van der Waals surface area (Å²) in [6.07, 6.45) is 2.51. The van der Waals surface area contributed by atoms with Crippen LogP contribution in [0.15, 0.2) is 24.3 Å². The van der Waals surface area contributed by atoms with Crippen molar-refractivity contribution < 1.29 is 5.11 Å². The lowest BCUT2D eigenvalue weighted by atomic mass is 10.0. The summed E-state index contributed by atoms with van der Waals surface area (Å²) in [4.78, 5) is 4.82. The molecule has 17 heavy (non-hydrogen) atoms. The first-order chi connectivity index (χ1) is 8.15. The zero-order valence-electron chi connectivity index (χ0n) is 10.8. The highest BCUT2D eigenvalue weighted by molar-refractivity contribution is 5.25. The van der Waals surface area contributed by atoms with Crippen LogP contribution in [0, 0.1) is 0 Å². The Morgan fingerprint density at radius 3 is 2.41 bits per heavy atom. The third kappa shape index (κ3) is 3.45. The Morgan fingerprint density at radius 2 is 1.82 bits per heavy atom. The van der Waals surface area contributed by atoms with E-state index in [1.165, 1.54) is 31.5 Å². The molecule has 0 amide bonds. The lowest BCUT2D eigenvalue weighted by Crippen LogP contribution is -2.41. The van der Waals surface area contributed by atoms with Crippen LogP contribution >= 0.6 is 0 Å². The smallest absolute Gasteiger partial charge is 0.115 e. The molecular formula is C14H22N2O. The van der Waals surface area contributed by atoms with Gasteiger partial charge in [0.25, 0.3) is 0 Å². The van der Waals surface area contributed by atoms with Crippen LogP contribution in [0.3, 0.4) is 0 Å². The molecule has 0 radical (unpaired) electrons. The fraction of sp³-hybridized carbons (Fsp3) is 0.571. The molecule has 2 rings (SSSR count). The Hall–Kier alpha value is -1.06. The molecule has 0 aliphatic carbocycles. The standard InChI is InChI=1S/C14H22N2O/c1-15-9-7-13(8-10-15)16(2)11-12-3-5-14(17)6-4-12/h3-6,13,17H,7-11H2,1-2H3. The maximum Gasteiger partial charge on any atom is 0.115 e. The van der Waals surface area contributed by atoms with Gasteiger partial charge in [-0.1, -0.05) is 12.1 Å². The van der Waals surface area contributed by atoms with Gasteiger partial charge in [0.1, 0.15) is 5.75 Å². The van der Waals surface area contributed by atoms with Crippen molar-refractivity contribution in [1.82, 2.24) is 9.80 Å². The lowest BCUT2D eigenvalue weighted by Gasteiger charge is -2.35. The number of phenolic OH excluding ortho intramolecular Hbond substituents is 1. The van der Waals surface area contributed by atoms with Crippen molar-refractivity contribution in [3.05, 3.63) is 29.8 Å². The number of rotatable bonds is 3. The van der Waals surface area contributed by atoms with E-state index in [-0.39, 0.29) is 0 Å². The molecule has 3 heteroatoms. The Kier molecular flexibility index (Phi) is 4.02. The van der Waals surface area contributed by atoms with Crippen LogP contribution in [-0.2, 0) is 6.54 Å². The monoisotopic (exact) mass is 234 g/mol. The van der Waals surface area contributed by atoms with Crippen molar-refractivity contribution in [2.45, 2.75) is 25.4 Å². The molecule has 1 aliphatic heterocycles. The van der Waals surface area contributed by atoms with Crippen molar-refractivity contribution in [2.75, 3.05) is 27.2 Å². The first-order valence-corrected chi connectivity index (χ1v) is 6.32. The minimum atomic E-state index is 0.343. The lowest BCUT2D eigenvalue weighted by molar-refractivity contribution is 0.139. The Bertz CT molecular complexity index is 342. The van der Waals surface area contributed by atoms with E-state index in [4.69, 9.17) is 0 Å². The largest absolute Gasteiger partial charge is 0.508 e. The SMILES string of the molecule is CN1CCC(N(C)Cc2ccc(O)cc2)CC1. The zero-order valence-corrected chi connectivity index (χ0v) is 10.8. The van der Waals surface area contributed by atoms with Gasteiger partial charge in [-0.15, -0.1) is 0 Å². The van der Waals surface area contributed by atoms with E-state index in [0.29, 0.717) is 11.8 Å². The first-order valence-electron chi connectivity index (χ1n) is 6.32. The highest BCUT2D eigenvalue weighted by Crippen LogP contribution is 2.17. The van der Waals surface area contributed by atoms with Gasteiger partial charge in [-0.25, -0.2) is 0 Å². The molecule has 0 bridgehead atoms. The topological polar surface area (TPSA) is 26.7 Å². The number of benzene rings is 1. The second-order valence-corrected chi connectivity index (χ2v) is 5.12. The zero-order chi connectivity index (χ0) is 12.3. The second-order valence-electron chi connectivity index (χ2n) is 5.12. The number of aromatic hydroxyl groups is 1. The maximum absolute atomic E-state index is 9.25. The summed E-state index contributed by atoms with van der Waals surface area (Å²) in [6, 6.07) is 8.22. The molecule has 1 fully saturated rings. The van der Waals surface area contributed by atoms with Crippen molar-refractivity contribution in [2.24, 2.45) is 0 Å². The Balaban J connectivity index is 1.88. The normalized spacial score (nSPS) is 18.8. The van der Waals surface area contributed by atoms with Crippen LogP contribution in [0.1, 0.15) is 18.4 Å². The summed E-state index contributed by atoms with van der Waals surface area (Å²) >= 11 is 0. The molecule has 0 atom stereocenters. The van der Waals surface area contributed by atoms with Crippen LogP contribution in [0.4, 0.5) is 0 Å². The van der Waals surface area contributed by atoms with Crippen LogP contribution < -0.4 is 0 Å². The van der Waals surface area contributed by atoms with Gasteiger partial charge in [0.15, 0.2) is 0 Å². The molecule has 0 spiro atoms. The minimum Gasteiger partial charge on any atom is -0.508 e. The number of hydrogen-bond acceptors (Lipinski definition) is 3. The molecule has 1 aliphatic rings. The van der Waals surface area contributed by atoms with Crippen molar-refractivity contribution >= 4 is 0 Å². The molecule has 1 N–H and O–H groups in total. The van der Waals surface area contributed by atoms with Gasteiger partial charge in [0.05, 0.1) is 0 Å². The predicted octanol–water partition coefficient (Wildman–Crippen LogP) is 1.92. The summed E-state index contributed by atoms with van der Waals surface area (Å²) in [5.74, 6) is 0.343. The van der Waals surface area contributed by atoms with Gasteiger partial charge in [-0.3, -0.25) is 4.90 Å². The van der Waals surface area contributed by atoms with Gasteiger partial charge in [0, 0.05) is 12.6 Å². The molecule has 0 saturated carbocycles. The van der Waals surface area contributed by atoms with E-state index in [2.05, 4.69) is 23.9 Å². The van der Waals surface area contributed by atoms with Crippen LogP contribution in [0.5, 0.6) is 5.75 Å². The Labute approximate surface area is 104 Å². The third-order valence-corrected chi connectivity index (χ3v) is 3.68. The average molecular weight is 234 g/mol. The summed E-state index contributed by atoms with van der Waals surface area (Å²) in [7, 11) is 4.39. The van der Waals surface area contributed by atoms with Gasteiger partial charge in [-0.2, -0.15) is 0 Å². The highest BCUT2D eigenvalue weighted by atomic mass is 16.3. The van der Waals surface area contributed by atoms with E-state index in [9.17, 15) is 5.11 Å². The predicted molar refractivity (Wildman–Crippen MR) is 70.1 cm³/mol. The summed E-state index contributed by atoms with van der Waals surface area (Å²) in [6.45, 7) is 3.36. The van der Waals surface area contributed by atoms with Gasteiger partial charge in [0.2, 0.25) is 0 Å². The van der Waals surface area contributed by atoms with E-state index in [0.717, 1.165) is 6.54 Å². The number of phenols is 1. The maximum atomic E-state index is 9.25. The molecule has 1 aromatic rings. The van der Waals surface area contributed by atoms with Crippen molar-refractivity contribution in [3.8, 4) is 5.75 Å². The third-order valence-electron chi connectivity index (χ3n) is 3.68. The first kappa shape index (κ1) is 12.4. The van der Waals surface area contributed by atoms with Crippen molar-refractivity contribution in [3.63, 3.8) is 0 Å². The van der Waals surface area contributed by atoms with Crippen LogP contribution in [-0.4, -0.2) is 48.1 Å². The molecule has 1 saturated heterocycles. The number of piperidine rings is 1. The quantitative estimate of drug-likeness (QED) is 0.865. The van der Waals surface area contributed by atoms with E-state index >= 15 is 0 Å². The Morgan fingerprint density at radius 1 is 1.24 bits per heavy atom. The molecule has 1 aromatic carbocycles. The van der Waals surface area contributed by atoms with E-state index in [1.54, 1.807) is 12.1 Å². The molecule has 3 nitrogen and oxygen atoms in total. The summed E-state index contributed by atoms with van der Waals surface area (Å²) < 4.78 is 0. The number of hydrogen-bond donors (Lipinski definition) is 1. The van der Waals surface area contributed by atoms with Gasteiger partial charge >= 0.3 is 0 Å². The van der Waals surface area contributed by atoms with Crippen LogP contribution in [0.2, 0.25) is 0 Å². The fourth-order valence-corrected chi connectivity index (χ4v) is 2.45. The molecule has 94 valence electrons. The van der Waals surface area contributed by atoms with Crippen LogP contribution in [0.25, 0.3) is 0 Å². The number of nitrogens with zero attached hydrogens (tertiary/aromatic N) is 2. The molecule has 1 heterocycles. The average Bonchev–Trinajstić information content (AvgIpc) is 2.33. The highest BCUT2D eigenvalue weighted by Gasteiger charge is 2.20. The van der Waals surface area contributed by atoms with Gasteiger partial charge in [-0.05, 0) is 57.7 Å². The second kappa shape index (κ2) is 5.52. The van der Waals surface area contributed by atoms with Crippen molar-refractivity contribution in [1.29, 1.82) is 0 Å².